The predicted octanol–water partition coefficient (Wildman–Crippen LogP) is 2.54. The SMILES string of the molecule is C=Cc1ccc[n+](CCCCCCCCCCCC)c1.[Cl-]. The topological polar surface area (TPSA) is 3.88 Å². The lowest BCUT2D eigenvalue weighted by molar-refractivity contribution is -0.697. The molecule has 1 rings (SSSR count). The average molecular weight is 310 g/mol. The summed E-state index contributed by atoms with van der Waals surface area (Å²) < 4.78 is 2.28. The van der Waals surface area contributed by atoms with E-state index in [4.69, 9.17) is 0 Å². The summed E-state index contributed by atoms with van der Waals surface area (Å²) in [6.45, 7) is 7.23. The summed E-state index contributed by atoms with van der Waals surface area (Å²) in [5, 5.41) is 0. The molecule has 0 aliphatic heterocycles. The van der Waals surface area contributed by atoms with Gasteiger partial charge < -0.3 is 12.4 Å². The Hall–Kier alpha value is -0.820. The van der Waals surface area contributed by atoms with E-state index in [1.165, 1.54) is 69.8 Å². The largest absolute Gasteiger partial charge is 1.00 e. The predicted molar refractivity (Wildman–Crippen MR) is 88.6 cm³/mol. The minimum Gasteiger partial charge on any atom is -1.00 e. The van der Waals surface area contributed by atoms with Crippen LogP contribution >= 0.6 is 0 Å². The molecule has 0 radical (unpaired) electrons. The van der Waals surface area contributed by atoms with Gasteiger partial charge in [0.1, 0.15) is 6.54 Å². The van der Waals surface area contributed by atoms with E-state index in [-0.39, 0.29) is 12.4 Å². The van der Waals surface area contributed by atoms with E-state index in [1.807, 2.05) is 6.08 Å². The second-order valence-corrected chi connectivity index (χ2v) is 5.76. The van der Waals surface area contributed by atoms with E-state index >= 15 is 0 Å². The zero-order valence-corrected chi connectivity index (χ0v) is 14.5. The highest BCUT2D eigenvalue weighted by Crippen LogP contribution is 2.10. The Balaban J connectivity index is 0.00000400. The van der Waals surface area contributed by atoms with Crippen LogP contribution in [0.5, 0.6) is 0 Å². The minimum atomic E-state index is 0. The average Bonchev–Trinajstić information content (AvgIpc) is 2.49. The van der Waals surface area contributed by atoms with Crippen molar-refractivity contribution in [3.05, 3.63) is 36.7 Å². The molecule has 0 bridgehead atoms. The van der Waals surface area contributed by atoms with Crippen LogP contribution in [0.25, 0.3) is 6.08 Å². The summed E-state index contributed by atoms with van der Waals surface area (Å²) in [5.74, 6) is 0. The fourth-order valence-corrected chi connectivity index (χ4v) is 2.58. The smallest absolute Gasteiger partial charge is 0.176 e. The van der Waals surface area contributed by atoms with Gasteiger partial charge in [-0.3, -0.25) is 0 Å². The van der Waals surface area contributed by atoms with Gasteiger partial charge in [0.05, 0.1) is 0 Å². The molecule has 0 aromatic carbocycles. The first-order valence-corrected chi connectivity index (χ1v) is 8.48. The summed E-state index contributed by atoms with van der Waals surface area (Å²) in [7, 11) is 0. The number of aryl methyl sites for hydroxylation is 1. The molecule has 1 aromatic rings. The first-order valence-electron chi connectivity index (χ1n) is 8.48. The van der Waals surface area contributed by atoms with E-state index < -0.39 is 0 Å². The summed E-state index contributed by atoms with van der Waals surface area (Å²) >= 11 is 0. The summed E-state index contributed by atoms with van der Waals surface area (Å²) in [6, 6.07) is 4.20. The van der Waals surface area contributed by atoms with E-state index in [0.717, 1.165) is 6.54 Å². The molecule has 1 aromatic heterocycles. The number of nitrogens with zero attached hydrogens (tertiary/aromatic N) is 1. The van der Waals surface area contributed by atoms with Crippen molar-refractivity contribution < 1.29 is 17.0 Å². The van der Waals surface area contributed by atoms with Gasteiger partial charge in [-0.1, -0.05) is 70.9 Å². The zero-order valence-electron chi connectivity index (χ0n) is 13.7. The standard InChI is InChI=1S/C19H32N.ClH/c1-3-5-6-7-8-9-10-11-12-13-16-20-17-14-15-19(4-2)18-20;/h4,14-15,17-18H,2-3,5-13,16H2,1H3;1H/q+1;/p-1. The molecular formula is C19H32ClN. The third-order valence-corrected chi connectivity index (χ3v) is 3.89. The van der Waals surface area contributed by atoms with Gasteiger partial charge in [0, 0.05) is 18.1 Å². The van der Waals surface area contributed by atoms with Crippen molar-refractivity contribution in [2.75, 3.05) is 0 Å². The Morgan fingerprint density at radius 1 is 0.952 bits per heavy atom. The highest BCUT2D eigenvalue weighted by molar-refractivity contribution is 5.43. The number of hydrogen-bond donors (Lipinski definition) is 0. The van der Waals surface area contributed by atoms with Crippen molar-refractivity contribution in [2.45, 2.75) is 77.7 Å². The molecule has 0 atom stereocenters. The Kier molecular flexibility index (Phi) is 13.6. The molecule has 0 amide bonds. The second kappa shape index (κ2) is 14.1. The molecule has 21 heavy (non-hydrogen) atoms. The fourth-order valence-electron chi connectivity index (χ4n) is 2.58. The molecule has 0 saturated carbocycles. The van der Waals surface area contributed by atoms with Gasteiger partial charge in [0.25, 0.3) is 0 Å². The first-order chi connectivity index (χ1) is 9.86. The molecule has 1 heterocycles. The van der Waals surface area contributed by atoms with Gasteiger partial charge in [-0.2, -0.15) is 0 Å². The second-order valence-electron chi connectivity index (χ2n) is 5.76. The molecule has 120 valence electrons. The van der Waals surface area contributed by atoms with Crippen LogP contribution in [-0.2, 0) is 6.54 Å². The van der Waals surface area contributed by atoms with Crippen LogP contribution in [0.3, 0.4) is 0 Å². The summed E-state index contributed by atoms with van der Waals surface area (Å²) in [4.78, 5) is 0. The maximum absolute atomic E-state index is 3.82. The Labute approximate surface area is 137 Å². The van der Waals surface area contributed by atoms with Gasteiger partial charge in [0.15, 0.2) is 12.4 Å². The van der Waals surface area contributed by atoms with E-state index in [1.54, 1.807) is 0 Å². The lowest BCUT2D eigenvalue weighted by Gasteiger charge is -2.01. The molecule has 2 heteroatoms. The van der Waals surface area contributed by atoms with Crippen LogP contribution in [0.1, 0.15) is 76.7 Å². The van der Waals surface area contributed by atoms with Crippen molar-refractivity contribution >= 4 is 6.08 Å². The highest BCUT2D eigenvalue weighted by atomic mass is 35.5. The Bertz CT molecular complexity index is 362. The van der Waals surface area contributed by atoms with Gasteiger partial charge in [-0.05, 0) is 12.5 Å². The Morgan fingerprint density at radius 2 is 1.52 bits per heavy atom. The molecule has 0 saturated heterocycles. The van der Waals surface area contributed by atoms with Crippen molar-refractivity contribution in [1.82, 2.24) is 0 Å². The maximum atomic E-state index is 3.82. The molecule has 0 aliphatic carbocycles. The lowest BCUT2D eigenvalue weighted by atomic mass is 10.1. The van der Waals surface area contributed by atoms with Crippen molar-refractivity contribution in [3.8, 4) is 0 Å². The van der Waals surface area contributed by atoms with Crippen LogP contribution in [0.4, 0.5) is 0 Å². The van der Waals surface area contributed by atoms with Gasteiger partial charge in [0.2, 0.25) is 0 Å². The number of pyridine rings is 1. The minimum absolute atomic E-state index is 0. The molecule has 0 spiro atoms. The number of aromatic nitrogens is 1. The Morgan fingerprint density at radius 3 is 2.10 bits per heavy atom. The third kappa shape index (κ3) is 10.5. The number of rotatable bonds is 12. The molecule has 0 N–H and O–H groups in total. The van der Waals surface area contributed by atoms with Crippen LogP contribution in [0, 0.1) is 0 Å². The maximum Gasteiger partial charge on any atom is 0.176 e. The van der Waals surface area contributed by atoms with Crippen LogP contribution < -0.4 is 17.0 Å². The quantitative estimate of drug-likeness (QED) is 0.413. The van der Waals surface area contributed by atoms with Gasteiger partial charge >= 0.3 is 0 Å². The third-order valence-electron chi connectivity index (χ3n) is 3.89. The lowest BCUT2D eigenvalue weighted by Crippen LogP contribution is -3.00. The fraction of sp³-hybridized carbons (Fsp3) is 0.632. The summed E-state index contributed by atoms with van der Waals surface area (Å²) in [6.07, 6.45) is 20.2. The van der Waals surface area contributed by atoms with Crippen molar-refractivity contribution in [2.24, 2.45) is 0 Å². The number of unbranched alkanes of at least 4 members (excludes halogenated alkanes) is 9. The molecular weight excluding hydrogens is 278 g/mol. The van der Waals surface area contributed by atoms with Crippen molar-refractivity contribution in [3.63, 3.8) is 0 Å². The van der Waals surface area contributed by atoms with Gasteiger partial charge in [-0.15, -0.1) is 0 Å². The highest BCUT2D eigenvalue weighted by Gasteiger charge is 2.00. The monoisotopic (exact) mass is 309 g/mol. The van der Waals surface area contributed by atoms with Crippen LogP contribution in [0.2, 0.25) is 0 Å². The van der Waals surface area contributed by atoms with Crippen LogP contribution in [-0.4, -0.2) is 0 Å². The van der Waals surface area contributed by atoms with E-state index in [9.17, 15) is 0 Å². The zero-order chi connectivity index (χ0) is 14.5. The van der Waals surface area contributed by atoms with Crippen molar-refractivity contribution in [1.29, 1.82) is 0 Å². The number of halogens is 1. The first kappa shape index (κ1) is 20.2. The van der Waals surface area contributed by atoms with E-state index in [2.05, 4.69) is 42.6 Å². The molecule has 0 unspecified atom stereocenters. The molecule has 0 fully saturated rings. The molecule has 1 nitrogen and oxygen atoms in total. The van der Waals surface area contributed by atoms with E-state index in [0.29, 0.717) is 0 Å². The normalized spacial score (nSPS) is 10.1. The summed E-state index contributed by atoms with van der Waals surface area (Å²) in [5.41, 5.74) is 1.21. The van der Waals surface area contributed by atoms with Gasteiger partial charge in [-0.25, -0.2) is 4.57 Å². The van der Waals surface area contributed by atoms with Crippen LogP contribution in [0.15, 0.2) is 31.1 Å². The number of hydrogen-bond acceptors (Lipinski definition) is 0. The molecule has 0 aliphatic rings.